The first-order chi connectivity index (χ1) is 11.5. The van der Waals surface area contributed by atoms with Crippen molar-refractivity contribution in [2.24, 2.45) is 0 Å². The Morgan fingerprint density at radius 2 is 1.29 bits per heavy atom. The van der Waals surface area contributed by atoms with Crippen LogP contribution in [0.1, 0.15) is 0 Å². The number of nitrogens with zero attached hydrogens (tertiary/aromatic N) is 1. The monoisotopic (exact) mass is 333 g/mol. The van der Waals surface area contributed by atoms with Gasteiger partial charge in [-0.2, -0.15) is 0 Å². The number of pyridine rings is 1. The van der Waals surface area contributed by atoms with E-state index < -0.39 is 9.84 Å². The zero-order valence-corrected chi connectivity index (χ0v) is 13.9. The van der Waals surface area contributed by atoms with Gasteiger partial charge in [-0.25, -0.2) is 13.4 Å². The maximum Gasteiger partial charge on any atom is 0.175 e. The molecule has 4 rings (SSSR count). The first-order valence-electron chi connectivity index (χ1n) is 7.62. The summed E-state index contributed by atoms with van der Waals surface area (Å²) in [6.07, 6.45) is 1.21. The van der Waals surface area contributed by atoms with Gasteiger partial charge in [-0.05, 0) is 23.6 Å². The molecule has 0 spiro atoms. The highest BCUT2D eigenvalue weighted by Crippen LogP contribution is 2.32. The number of sulfone groups is 1. The molecule has 0 saturated heterocycles. The van der Waals surface area contributed by atoms with Crippen molar-refractivity contribution in [2.45, 2.75) is 4.90 Å². The third-order valence-corrected chi connectivity index (χ3v) is 5.29. The molecule has 0 radical (unpaired) electrons. The molecule has 4 aromatic rings. The van der Waals surface area contributed by atoms with Crippen LogP contribution in [0.3, 0.4) is 0 Å². The molecule has 0 unspecified atom stereocenters. The Hall–Kier alpha value is -2.72. The number of fused-ring (bicyclic) bond motifs is 3. The average molecular weight is 333 g/mol. The van der Waals surface area contributed by atoms with E-state index in [4.69, 9.17) is 4.98 Å². The summed E-state index contributed by atoms with van der Waals surface area (Å²) in [6.45, 7) is 0. The first kappa shape index (κ1) is 14.8. The lowest BCUT2D eigenvalue weighted by Gasteiger charge is -2.10. The summed E-state index contributed by atoms with van der Waals surface area (Å²) < 4.78 is 23.3. The van der Waals surface area contributed by atoms with Crippen LogP contribution in [-0.2, 0) is 9.84 Å². The van der Waals surface area contributed by atoms with Gasteiger partial charge in [0.2, 0.25) is 0 Å². The molecule has 1 heterocycles. The van der Waals surface area contributed by atoms with E-state index in [-0.39, 0.29) is 0 Å². The van der Waals surface area contributed by atoms with Crippen LogP contribution < -0.4 is 0 Å². The standard InChI is InChI=1S/C20H15NO2S/c1-24(22,23)15-12-10-14(11-13-15)20-18-8-3-2-6-16(18)17-7-4-5-9-19(17)21-20/h2-13H,1H3. The lowest BCUT2D eigenvalue weighted by atomic mass is 10.0. The minimum Gasteiger partial charge on any atom is -0.247 e. The van der Waals surface area contributed by atoms with Crippen molar-refractivity contribution in [3.63, 3.8) is 0 Å². The summed E-state index contributed by atoms with van der Waals surface area (Å²) in [7, 11) is -3.20. The second-order valence-corrected chi connectivity index (χ2v) is 7.84. The van der Waals surface area contributed by atoms with Crippen molar-refractivity contribution in [3.05, 3.63) is 72.8 Å². The molecule has 118 valence electrons. The quantitative estimate of drug-likeness (QED) is 0.509. The van der Waals surface area contributed by atoms with Crippen LogP contribution in [0.5, 0.6) is 0 Å². The van der Waals surface area contributed by atoms with E-state index >= 15 is 0 Å². The Kier molecular flexibility index (Phi) is 3.36. The molecule has 0 saturated carbocycles. The maximum absolute atomic E-state index is 11.7. The van der Waals surface area contributed by atoms with Crippen molar-refractivity contribution >= 4 is 31.5 Å². The lowest BCUT2D eigenvalue weighted by molar-refractivity contribution is 0.602. The van der Waals surface area contributed by atoms with Crippen LogP contribution in [0.15, 0.2) is 77.7 Å². The number of hydrogen-bond donors (Lipinski definition) is 0. The number of rotatable bonds is 2. The van der Waals surface area contributed by atoms with Crippen molar-refractivity contribution in [1.29, 1.82) is 0 Å². The molecule has 3 nitrogen and oxygen atoms in total. The van der Waals surface area contributed by atoms with Gasteiger partial charge in [0.25, 0.3) is 0 Å². The van der Waals surface area contributed by atoms with Gasteiger partial charge in [-0.3, -0.25) is 0 Å². The van der Waals surface area contributed by atoms with Crippen LogP contribution in [0.25, 0.3) is 32.9 Å². The van der Waals surface area contributed by atoms with Gasteiger partial charge in [-0.1, -0.05) is 54.6 Å². The average Bonchev–Trinajstić information content (AvgIpc) is 2.60. The lowest BCUT2D eigenvalue weighted by Crippen LogP contribution is -1.96. The summed E-state index contributed by atoms with van der Waals surface area (Å²) >= 11 is 0. The summed E-state index contributed by atoms with van der Waals surface area (Å²) in [6, 6.07) is 23.1. The summed E-state index contributed by atoms with van der Waals surface area (Å²) in [4.78, 5) is 5.13. The minimum atomic E-state index is -3.20. The van der Waals surface area contributed by atoms with Crippen molar-refractivity contribution < 1.29 is 8.42 Å². The molecule has 0 aliphatic carbocycles. The van der Waals surface area contributed by atoms with E-state index in [2.05, 4.69) is 18.2 Å². The number of benzene rings is 3. The van der Waals surface area contributed by atoms with Gasteiger partial charge in [-0.15, -0.1) is 0 Å². The molecule has 0 amide bonds. The fourth-order valence-corrected chi connectivity index (χ4v) is 3.61. The molecule has 3 aromatic carbocycles. The number of hydrogen-bond acceptors (Lipinski definition) is 3. The Bertz CT molecular complexity index is 1160. The topological polar surface area (TPSA) is 47.0 Å². The van der Waals surface area contributed by atoms with E-state index in [9.17, 15) is 8.42 Å². The highest BCUT2D eigenvalue weighted by atomic mass is 32.2. The molecule has 0 fully saturated rings. The Balaban J connectivity index is 2.02. The van der Waals surface area contributed by atoms with Crippen LogP contribution in [0, 0.1) is 0 Å². The Morgan fingerprint density at radius 3 is 1.96 bits per heavy atom. The maximum atomic E-state index is 11.7. The van der Waals surface area contributed by atoms with E-state index in [0.717, 1.165) is 32.9 Å². The number of para-hydroxylation sites is 1. The smallest absolute Gasteiger partial charge is 0.175 e. The molecule has 4 heteroatoms. The normalized spacial score (nSPS) is 11.9. The largest absolute Gasteiger partial charge is 0.247 e. The number of aromatic nitrogens is 1. The molecule has 0 aliphatic heterocycles. The fraction of sp³-hybridized carbons (Fsp3) is 0.0500. The van der Waals surface area contributed by atoms with Gasteiger partial charge in [0.15, 0.2) is 9.84 Å². The second kappa shape index (κ2) is 5.42. The van der Waals surface area contributed by atoms with Crippen LogP contribution in [-0.4, -0.2) is 19.7 Å². The van der Waals surface area contributed by atoms with Crippen LogP contribution in [0.2, 0.25) is 0 Å². The van der Waals surface area contributed by atoms with Gasteiger partial charge >= 0.3 is 0 Å². The summed E-state index contributed by atoms with van der Waals surface area (Å²) in [5.74, 6) is 0. The van der Waals surface area contributed by atoms with Crippen molar-refractivity contribution in [1.82, 2.24) is 4.98 Å². The molecule has 0 atom stereocenters. The molecule has 1 aromatic heterocycles. The fourth-order valence-electron chi connectivity index (χ4n) is 2.98. The zero-order chi connectivity index (χ0) is 16.7. The molecule has 24 heavy (non-hydrogen) atoms. The van der Waals surface area contributed by atoms with Gasteiger partial charge < -0.3 is 0 Å². The molecular formula is C20H15NO2S. The van der Waals surface area contributed by atoms with Gasteiger partial charge in [0, 0.05) is 22.6 Å². The third-order valence-electron chi connectivity index (χ3n) is 4.16. The molecule has 0 bridgehead atoms. The van der Waals surface area contributed by atoms with E-state index in [1.807, 2.05) is 42.5 Å². The van der Waals surface area contributed by atoms with E-state index in [1.54, 1.807) is 12.1 Å². The van der Waals surface area contributed by atoms with Crippen LogP contribution in [0.4, 0.5) is 0 Å². The zero-order valence-electron chi connectivity index (χ0n) is 13.1. The Labute approximate surface area is 140 Å². The van der Waals surface area contributed by atoms with Crippen molar-refractivity contribution in [2.75, 3.05) is 6.26 Å². The van der Waals surface area contributed by atoms with E-state index in [1.165, 1.54) is 6.26 Å². The third kappa shape index (κ3) is 2.45. The van der Waals surface area contributed by atoms with Gasteiger partial charge in [0.1, 0.15) is 0 Å². The second-order valence-electron chi connectivity index (χ2n) is 5.82. The summed E-state index contributed by atoms with van der Waals surface area (Å²) in [5, 5.41) is 3.32. The predicted molar refractivity (Wildman–Crippen MR) is 97.8 cm³/mol. The Morgan fingerprint density at radius 1 is 0.708 bits per heavy atom. The highest BCUT2D eigenvalue weighted by Gasteiger charge is 2.11. The van der Waals surface area contributed by atoms with Crippen molar-refractivity contribution in [3.8, 4) is 11.3 Å². The molecule has 0 N–H and O–H groups in total. The van der Waals surface area contributed by atoms with Gasteiger partial charge in [0.05, 0.1) is 16.1 Å². The van der Waals surface area contributed by atoms with E-state index in [0.29, 0.717) is 4.90 Å². The molecular weight excluding hydrogens is 318 g/mol. The minimum absolute atomic E-state index is 0.316. The SMILES string of the molecule is CS(=O)(=O)c1ccc(-c2nc3ccccc3c3ccccc23)cc1. The predicted octanol–water partition coefficient (Wildman–Crippen LogP) is 4.46. The first-order valence-corrected chi connectivity index (χ1v) is 9.51. The highest BCUT2D eigenvalue weighted by molar-refractivity contribution is 7.90. The van der Waals surface area contributed by atoms with Crippen LogP contribution >= 0.6 is 0 Å². The molecule has 0 aliphatic rings. The summed E-state index contributed by atoms with van der Waals surface area (Å²) in [5.41, 5.74) is 2.70.